The fourth-order valence-corrected chi connectivity index (χ4v) is 4.73. The minimum atomic E-state index is -1.14. The number of piperidine rings is 1. The van der Waals surface area contributed by atoms with E-state index in [1.165, 1.54) is 17.5 Å². The first-order valence-corrected chi connectivity index (χ1v) is 11.1. The molecule has 0 unspecified atom stereocenters. The topological polar surface area (TPSA) is 139 Å². The van der Waals surface area contributed by atoms with E-state index in [1.807, 2.05) is 4.57 Å². The highest BCUT2D eigenvalue weighted by Gasteiger charge is 2.41. The van der Waals surface area contributed by atoms with Gasteiger partial charge in [0.25, 0.3) is 0 Å². The molecule has 4 aromatic rings. The molecule has 1 fully saturated rings. The molecule has 33 heavy (non-hydrogen) atoms. The van der Waals surface area contributed by atoms with Crippen LogP contribution in [0.5, 0.6) is 0 Å². The molecule has 1 amide bonds. The number of nitrogen functional groups attached to an aromatic ring is 1. The van der Waals surface area contributed by atoms with E-state index >= 15 is 0 Å². The first kappa shape index (κ1) is 21.3. The third-order valence-electron chi connectivity index (χ3n) is 6.70. The number of aromatic nitrogens is 6. The lowest BCUT2D eigenvalue weighted by atomic mass is 9.88. The Hall–Kier alpha value is -3.53. The van der Waals surface area contributed by atoms with Gasteiger partial charge in [-0.2, -0.15) is 0 Å². The lowest BCUT2D eigenvalue weighted by molar-refractivity contribution is -0.140. The van der Waals surface area contributed by atoms with Crippen LogP contribution in [-0.2, 0) is 11.2 Å². The van der Waals surface area contributed by atoms with Crippen LogP contribution in [0.4, 0.5) is 5.82 Å². The number of hydrogen-bond donors (Lipinski definition) is 3. The molecule has 1 aromatic carbocycles. The van der Waals surface area contributed by atoms with Crippen molar-refractivity contribution < 1.29 is 9.90 Å². The van der Waals surface area contributed by atoms with Crippen molar-refractivity contribution in [3.05, 3.63) is 41.7 Å². The molecule has 0 bridgehead atoms. The van der Waals surface area contributed by atoms with E-state index in [0.29, 0.717) is 42.8 Å². The Labute approximate surface area is 190 Å². The van der Waals surface area contributed by atoms with Crippen LogP contribution in [0, 0.1) is 13.8 Å². The van der Waals surface area contributed by atoms with E-state index in [-0.39, 0.29) is 18.5 Å². The van der Waals surface area contributed by atoms with Gasteiger partial charge >= 0.3 is 0 Å². The number of nitrogens with two attached hydrogens (primary N) is 1. The summed E-state index contributed by atoms with van der Waals surface area (Å²) in [5.74, 6) is 1.11. The first-order valence-electron chi connectivity index (χ1n) is 11.1. The van der Waals surface area contributed by atoms with Crippen LogP contribution in [0.3, 0.4) is 0 Å². The zero-order valence-corrected chi connectivity index (χ0v) is 19.0. The SMILES string of the molecule is Cc1cc2nc(CCC(=O)N3CC[C@H](n4cnc5c(N)ncnc54)[C@@](C)(O)C3)[nH]c2cc1C. The maximum Gasteiger partial charge on any atom is 0.223 e. The van der Waals surface area contributed by atoms with Crippen molar-refractivity contribution in [3.63, 3.8) is 0 Å². The third-order valence-corrected chi connectivity index (χ3v) is 6.70. The second kappa shape index (κ2) is 7.80. The number of likely N-dealkylation sites (tertiary alicyclic amines) is 1. The summed E-state index contributed by atoms with van der Waals surface area (Å²) >= 11 is 0. The standard InChI is InChI=1S/C23H28N8O2/c1-13-8-15-16(9-14(13)2)29-18(28-15)4-5-19(32)30-7-6-17(23(3,33)10-30)31-12-27-20-21(24)25-11-26-22(20)31/h8-9,11-12,17,33H,4-7,10H2,1-3H3,(H,28,29)(H2,24,25,26)/t17-,23-/m0/s1. The Balaban J connectivity index is 1.27. The molecular formula is C23H28N8O2. The number of carbonyl (C=O) groups excluding carboxylic acids is 1. The van der Waals surface area contributed by atoms with E-state index < -0.39 is 5.60 Å². The van der Waals surface area contributed by atoms with Gasteiger partial charge in [-0.25, -0.2) is 19.9 Å². The Morgan fingerprint density at radius 1 is 1.27 bits per heavy atom. The van der Waals surface area contributed by atoms with E-state index in [2.05, 4.69) is 50.9 Å². The number of β-amino-alcohol motifs (C(OH)–C–C–N with tert-alkyl or cyclic N) is 1. The number of hydrogen-bond acceptors (Lipinski definition) is 7. The predicted octanol–water partition coefficient (Wildman–Crippen LogP) is 2.06. The van der Waals surface area contributed by atoms with Crippen molar-refractivity contribution in [1.29, 1.82) is 0 Å². The van der Waals surface area contributed by atoms with Crippen LogP contribution in [0.15, 0.2) is 24.8 Å². The van der Waals surface area contributed by atoms with Crippen molar-refractivity contribution in [2.24, 2.45) is 0 Å². The third kappa shape index (κ3) is 3.80. The van der Waals surface area contributed by atoms with Gasteiger partial charge in [0.1, 0.15) is 23.3 Å². The summed E-state index contributed by atoms with van der Waals surface area (Å²) < 4.78 is 1.84. The molecule has 4 N–H and O–H groups in total. The smallest absolute Gasteiger partial charge is 0.223 e. The van der Waals surface area contributed by atoms with Crippen LogP contribution in [0.1, 0.15) is 42.8 Å². The van der Waals surface area contributed by atoms with Crippen molar-refractivity contribution in [2.45, 2.75) is 51.7 Å². The molecule has 5 rings (SSSR count). The number of imidazole rings is 2. The van der Waals surface area contributed by atoms with E-state index in [1.54, 1.807) is 18.2 Å². The first-order chi connectivity index (χ1) is 15.7. The Kier molecular flexibility index (Phi) is 5.04. The number of anilines is 1. The monoisotopic (exact) mass is 448 g/mol. The molecule has 0 spiro atoms. The van der Waals surface area contributed by atoms with E-state index in [4.69, 9.17) is 5.73 Å². The number of rotatable bonds is 4. The molecule has 0 saturated carbocycles. The normalized spacial score (nSPS) is 21.2. The molecule has 0 aliphatic carbocycles. The van der Waals surface area contributed by atoms with Gasteiger partial charge in [0.15, 0.2) is 11.5 Å². The zero-order valence-electron chi connectivity index (χ0n) is 19.0. The van der Waals surface area contributed by atoms with Crippen LogP contribution in [-0.4, -0.2) is 64.1 Å². The molecule has 4 heterocycles. The lowest BCUT2D eigenvalue weighted by Gasteiger charge is -2.43. The molecule has 3 aromatic heterocycles. The maximum atomic E-state index is 12.9. The fourth-order valence-electron chi connectivity index (χ4n) is 4.73. The van der Waals surface area contributed by atoms with Gasteiger partial charge in [-0.05, 0) is 50.5 Å². The molecule has 172 valence electrons. The molecule has 10 heteroatoms. The second-order valence-electron chi connectivity index (χ2n) is 9.20. The predicted molar refractivity (Wildman–Crippen MR) is 124 cm³/mol. The minimum Gasteiger partial charge on any atom is -0.386 e. The summed E-state index contributed by atoms with van der Waals surface area (Å²) in [6, 6.07) is 3.87. The molecule has 0 radical (unpaired) electrons. The Morgan fingerprint density at radius 2 is 2.06 bits per heavy atom. The number of aliphatic hydroxyl groups is 1. The van der Waals surface area contributed by atoms with E-state index in [9.17, 15) is 9.90 Å². The number of H-pyrrole nitrogens is 1. The summed E-state index contributed by atoms with van der Waals surface area (Å²) in [4.78, 5) is 35.2. The molecule has 1 saturated heterocycles. The quantitative estimate of drug-likeness (QED) is 0.434. The number of benzene rings is 1. The fraction of sp³-hybridized carbons (Fsp3) is 0.435. The number of aryl methyl sites for hydroxylation is 3. The van der Waals surface area contributed by atoms with Crippen LogP contribution >= 0.6 is 0 Å². The average molecular weight is 449 g/mol. The number of aromatic amines is 1. The van der Waals surface area contributed by atoms with Gasteiger partial charge in [-0.3, -0.25) is 4.79 Å². The molecule has 10 nitrogen and oxygen atoms in total. The molecular weight excluding hydrogens is 420 g/mol. The Bertz CT molecular complexity index is 1320. The average Bonchev–Trinajstić information content (AvgIpc) is 3.36. The summed E-state index contributed by atoms with van der Waals surface area (Å²) in [6.07, 6.45) is 4.46. The van der Waals surface area contributed by atoms with Gasteiger partial charge in [-0.15, -0.1) is 0 Å². The summed E-state index contributed by atoms with van der Waals surface area (Å²) in [5.41, 5.74) is 10.2. The van der Waals surface area contributed by atoms with Crippen molar-refractivity contribution >= 4 is 33.9 Å². The second-order valence-corrected chi connectivity index (χ2v) is 9.20. The molecule has 2 atom stereocenters. The summed E-state index contributed by atoms with van der Waals surface area (Å²) in [6.45, 7) is 6.66. The molecule has 1 aliphatic heterocycles. The highest BCUT2D eigenvalue weighted by atomic mass is 16.3. The number of amides is 1. The Morgan fingerprint density at radius 3 is 2.85 bits per heavy atom. The zero-order chi connectivity index (χ0) is 23.3. The minimum absolute atomic E-state index is 0.00333. The van der Waals surface area contributed by atoms with Crippen molar-refractivity contribution in [1.82, 2.24) is 34.4 Å². The van der Waals surface area contributed by atoms with Crippen LogP contribution in [0.25, 0.3) is 22.2 Å². The number of nitrogens with zero attached hydrogens (tertiary/aromatic N) is 6. The van der Waals surface area contributed by atoms with Gasteiger partial charge in [0, 0.05) is 19.4 Å². The lowest BCUT2D eigenvalue weighted by Crippen LogP contribution is -2.54. The number of carbonyl (C=O) groups is 1. The van der Waals surface area contributed by atoms with Crippen molar-refractivity contribution in [3.8, 4) is 0 Å². The highest BCUT2D eigenvalue weighted by Crippen LogP contribution is 2.34. The maximum absolute atomic E-state index is 12.9. The summed E-state index contributed by atoms with van der Waals surface area (Å²) in [5, 5.41) is 11.3. The molecule has 1 aliphatic rings. The van der Waals surface area contributed by atoms with Crippen LogP contribution < -0.4 is 5.73 Å². The van der Waals surface area contributed by atoms with Gasteiger partial charge < -0.3 is 25.3 Å². The van der Waals surface area contributed by atoms with Gasteiger partial charge in [0.2, 0.25) is 5.91 Å². The summed E-state index contributed by atoms with van der Waals surface area (Å²) in [7, 11) is 0. The number of nitrogens with one attached hydrogen (secondary N) is 1. The van der Waals surface area contributed by atoms with Gasteiger partial charge in [-0.1, -0.05) is 0 Å². The highest BCUT2D eigenvalue weighted by molar-refractivity contribution is 5.81. The number of fused-ring (bicyclic) bond motifs is 2. The largest absolute Gasteiger partial charge is 0.386 e. The van der Waals surface area contributed by atoms with Gasteiger partial charge in [0.05, 0.1) is 29.9 Å². The van der Waals surface area contributed by atoms with E-state index in [0.717, 1.165) is 16.9 Å². The van der Waals surface area contributed by atoms with Crippen LogP contribution in [0.2, 0.25) is 0 Å². The van der Waals surface area contributed by atoms with Crippen molar-refractivity contribution in [2.75, 3.05) is 18.8 Å².